The van der Waals surface area contributed by atoms with Gasteiger partial charge in [-0.05, 0) is 30.9 Å². The highest BCUT2D eigenvalue weighted by Crippen LogP contribution is 2.38. The maximum atomic E-state index is 10.7. The van der Waals surface area contributed by atoms with Gasteiger partial charge in [-0.1, -0.05) is 13.8 Å². The van der Waals surface area contributed by atoms with E-state index in [1.165, 1.54) is 12.1 Å². The van der Waals surface area contributed by atoms with Gasteiger partial charge in [0.05, 0.1) is 5.60 Å². The van der Waals surface area contributed by atoms with Crippen LogP contribution >= 0.6 is 0 Å². The van der Waals surface area contributed by atoms with E-state index in [-0.39, 0.29) is 11.5 Å². The third-order valence-electron chi connectivity index (χ3n) is 3.79. The van der Waals surface area contributed by atoms with Crippen LogP contribution in [0.25, 0.3) is 0 Å². The van der Waals surface area contributed by atoms with Crippen LogP contribution in [0.3, 0.4) is 0 Å². The number of benzene rings is 1. The SMILES string of the molecule is CC(C)CN1CCC(O)(c2ccc(O)cc2O)CC1. The molecule has 1 fully saturated rings. The van der Waals surface area contributed by atoms with Crippen molar-refractivity contribution in [3.63, 3.8) is 0 Å². The van der Waals surface area contributed by atoms with Gasteiger partial charge in [0.1, 0.15) is 11.5 Å². The summed E-state index contributed by atoms with van der Waals surface area (Å²) < 4.78 is 0. The fourth-order valence-electron chi connectivity index (χ4n) is 2.80. The van der Waals surface area contributed by atoms with E-state index in [9.17, 15) is 15.3 Å². The Kier molecular flexibility index (Phi) is 4.02. The van der Waals surface area contributed by atoms with Crippen LogP contribution in [0, 0.1) is 5.92 Å². The molecule has 1 aromatic carbocycles. The summed E-state index contributed by atoms with van der Waals surface area (Å²) in [6, 6.07) is 4.41. The summed E-state index contributed by atoms with van der Waals surface area (Å²) in [5.74, 6) is 0.607. The van der Waals surface area contributed by atoms with Crippen molar-refractivity contribution in [2.75, 3.05) is 19.6 Å². The van der Waals surface area contributed by atoms with Crippen molar-refractivity contribution in [2.45, 2.75) is 32.3 Å². The lowest BCUT2D eigenvalue weighted by molar-refractivity contribution is -0.0294. The maximum absolute atomic E-state index is 10.7. The van der Waals surface area contributed by atoms with Crippen LogP contribution in [0.15, 0.2) is 18.2 Å². The molecule has 0 spiro atoms. The van der Waals surface area contributed by atoms with Crippen molar-refractivity contribution in [2.24, 2.45) is 5.92 Å². The first kappa shape index (κ1) is 14.2. The van der Waals surface area contributed by atoms with Gasteiger partial charge in [-0.3, -0.25) is 0 Å². The number of rotatable bonds is 3. The predicted octanol–water partition coefficient (Wildman–Crippen LogP) is 2.04. The van der Waals surface area contributed by atoms with Gasteiger partial charge < -0.3 is 20.2 Å². The summed E-state index contributed by atoms with van der Waals surface area (Å²) in [7, 11) is 0. The molecule has 3 N–H and O–H groups in total. The highest BCUT2D eigenvalue weighted by molar-refractivity contribution is 5.42. The summed E-state index contributed by atoms with van der Waals surface area (Å²) in [5.41, 5.74) is -0.458. The third kappa shape index (κ3) is 3.19. The summed E-state index contributed by atoms with van der Waals surface area (Å²) in [4.78, 5) is 2.34. The molecule has 1 saturated heterocycles. The van der Waals surface area contributed by atoms with Crippen LogP contribution < -0.4 is 0 Å². The summed E-state index contributed by atoms with van der Waals surface area (Å²) in [5, 5.41) is 29.9. The van der Waals surface area contributed by atoms with Crippen LogP contribution in [0.1, 0.15) is 32.3 Å². The molecule has 0 bridgehead atoms. The normalized spacial score (nSPS) is 19.8. The molecule has 0 aliphatic carbocycles. The van der Waals surface area contributed by atoms with Gasteiger partial charge in [0.25, 0.3) is 0 Å². The van der Waals surface area contributed by atoms with Crippen LogP contribution in [0.5, 0.6) is 11.5 Å². The lowest BCUT2D eigenvalue weighted by atomic mass is 9.83. The number of hydrogen-bond acceptors (Lipinski definition) is 4. The van der Waals surface area contributed by atoms with Gasteiger partial charge in [-0.25, -0.2) is 0 Å². The zero-order valence-electron chi connectivity index (χ0n) is 11.6. The van der Waals surface area contributed by atoms with Crippen LogP contribution in [-0.2, 0) is 5.60 Å². The first-order valence-corrected chi connectivity index (χ1v) is 6.88. The molecule has 0 aromatic heterocycles. The van der Waals surface area contributed by atoms with Gasteiger partial charge in [-0.2, -0.15) is 0 Å². The van der Waals surface area contributed by atoms with Crippen molar-refractivity contribution in [3.8, 4) is 11.5 Å². The van der Waals surface area contributed by atoms with Crippen molar-refractivity contribution >= 4 is 0 Å². The van der Waals surface area contributed by atoms with Crippen LogP contribution in [-0.4, -0.2) is 39.9 Å². The zero-order valence-corrected chi connectivity index (χ0v) is 11.6. The van der Waals surface area contributed by atoms with E-state index in [1.807, 2.05) is 0 Å². The van der Waals surface area contributed by atoms with E-state index in [4.69, 9.17) is 0 Å². The van der Waals surface area contributed by atoms with Crippen molar-refractivity contribution in [1.82, 2.24) is 4.90 Å². The summed E-state index contributed by atoms with van der Waals surface area (Å²) in [6.07, 6.45) is 1.22. The highest BCUT2D eigenvalue weighted by atomic mass is 16.3. The second-order valence-electron chi connectivity index (χ2n) is 5.93. The predicted molar refractivity (Wildman–Crippen MR) is 74.2 cm³/mol. The highest BCUT2D eigenvalue weighted by Gasteiger charge is 2.36. The maximum Gasteiger partial charge on any atom is 0.125 e. The molecule has 1 aliphatic heterocycles. The summed E-state index contributed by atoms with van der Waals surface area (Å²) >= 11 is 0. The van der Waals surface area contributed by atoms with Crippen molar-refractivity contribution in [3.05, 3.63) is 23.8 Å². The number of phenolic OH excluding ortho intramolecular Hbond substituents is 2. The smallest absolute Gasteiger partial charge is 0.125 e. The number of phenols is 2. The van der Waals surface area contributed by atoms with Gasteiger partial charge in [0.2, 0.25) is 0 Å². The minimum absolute atomic E-state index is 0.0158. The Balaban J connectivity index is 2.09. The van der Waals surface area contributed by atoms with Crippen molar-refractivity contribution < 1.29 is 15.3 Å². The molecular formula is C15H23NO3. The zero-order chi connectivity index (χ0) is 14.0. The fourth-order valence-corrected chi connectivity index (χ4v) is 2.80. The number of likely N-dealkylation sites (tertiary alicyclic amines) is 1. The molecule has 0 radical (unpaired) electrons. The number of aliphatic hydroxyl groups is 1. The average molecular weight is 265 g/mol. The number of aromatic hydroxyl groups is 2. The van der Waals surface area contributed by atoms with E-state index in [0.29, 0.717) is 24.3 Å². The molecule has 1 aliphatic rings. The van der Waals surface area contributed by atoms with Gasteiger partial charge in [0, 0.05) is 31.3 Å². The van der Waals surface area contributed by atoms with Crippen molar-refractivity contribution in [1.29, 1.82) is 0 Å². The van der Waals surface area contributed by atoms with Crippen LogP contribution in [0.2, 0.25) is 0 Å². The molecule has 1 heterocycles. The van der Waals surface area contributed by atoms with E-state index >= 15 is 0 Å². The quantitative estimate of drug-likeness (QED) is 0.782. The molecule has 0 amide bonds. The van der Waals surface area contributed by atoms with E-state index in [1.54, 1.807) is 6.07 Å². The minimum atomic E-state index is -0.981. The van der Waals surface area contributed by atoms with Gasteiger partial charge >= 0.3 is 0 Å². The Morgan fingerprint density at radius 3 is 2.37 bits per heavy atom. The Labute approximate surface area is 114 Å². The van der Waals surface area contributed by atoms with E-state index < -0.39 is 5.60 Å². The Bertz CT molecular complexity index is 437. The topological polar surface area (TPSA) is 63.9 Å². The molecular weight excluding hydrogens is 242 g/mol. The van der Waals surface area contributed by atoms with Gasteiger partial charge in [-0.15, -0.1) is 0 Å². The first-order chi connectivity index (χ1) is 8.90. The van der Waals surface area contributed by atoms with Crippen LogP contribution in [0.4, 0.5) is 0 Å². The largest absolute Gasteiger partial charge is 0.508 e. The lowest BCUT2D eigenvalue weighted by Gasteiger charge is -2.39. The minimum Gasteiger partial charge on any atom is -0.508 e. The Morgan fingerprint density at radius 2 is 1.84 bits per heavy atom. The monoisotopic (exact) mass is 265 g/mol. The summed E-state index contributed by atoms with van der Waals surface area (Å²) in [6.45, 7) is 7.07. The second-order valence-corrected chi connectivity index (χ2v) is 5.93. The van der Waals surface area contributed by atoms with E-state index in [2.05, 4.69) is 18.7 Å². The molecule has 19 heavy (non-hydrogen) atoms. The Hall–Kier alpha value is -1.26. The molecule has 0 saturated carbocycles. The fraction of sp³-hybridized carbons (Fsp3) is 0.600. The molecule has 0 atom stereocenters. The lowest BCUT2D eigenvalue weighted by Crippen LogP contribution is -2.43. The molecule has 1 aromatic rings. The standard InChI is InChI=1S/C15H23NO3/c1-11(2)10-16-7-5-15(19,6-8-16)13-4-3-12(17)9-14(13)18/h3-4,9,11,17-19H,5-8,10H2,1-2H3. The molecule has 106 valence electrons. The number of nitrogens with zero attached hydrogens (tertiary/aromatic N) is 1. The molecule has 0 unspecified atom stereocenters. The van der Waals surface area contributed by atoms with E-state index in [0.717, 1.165) is 19.6 Å². The number of hydrogen-bond donors (Lipinski definition) is 3. The average Bonchev–Trinajstić information content (AvgIpc) is 2.31. The molecule has 4 nitrogen and oxygen atoms in total. The molecule has 4 heteroatoms. The second kappa shape index (κ2) is 5.39. The third-order valence-corrected chi connectivity index (χ3v) is 3.79. The Morgan fingerprint density at radius 1 is 1.21 bits per heavy atom. The first-order valence-electron chi connectivity index (χ1n) is 6.88. The molecule has 2 rings (SSSR count). The number of piperidine rings is 1. The van der Waals surface area contributed by atoms with Gasteiger partial charge in [0.15, 0.2) is 0 Å².